The third kappa shape index (κ3) is 4.62. The van der Waals surface area contributed by atoms with E-state index in [0.717, 1.165) is 0 Å². The smallest absolute Gasteiger partial charge is 0.404 e. The maximum absolute atomic E-state index is 12.9. The number of rotatable bonds is 7. The maximum atomic E-state index is 12.9. The van der Waals surface area contributed by atoms with Crippen molar-refractivity contribution in [1.29, 1.82) is 0 Å². The van der Waals surface area contributed by atoms with Crippen LogP contribution in [-0.2, 0) is 25.7 Å². The van der Waals surface area contributed by atoms with Gasteiger partial charge in [0.15, 0.2) is 6.61 Å². The van der Waals surface area contributed by atoms with Gasteiger partial charge in [-0.1, -0.05) is 12.1 Å². The molecule has 5 amide bonds. The molecule has 0 spiro atoms. The van der Waals surface area contributed by atoms with Gasteiger partial charge in [0.05, 0.1) is 12.1 Å². The van der Waals surface area contributed by atoms with Crippen molar-refractivity contribution in [3.8, 4) is 5.75 Å². The Hall–Kier alpha value is -3.63. The summed E-state index contributed by atoms with van der Waals surface area (Å²) < 4.78 is 9.99. The Morgan fingerprint density at radius 3 is 2.79 bits per heavy atom. The Bertz CT molecular complexity index is 870. The first-order valence-corrected chi connectivity index (χ1v) is 8.95. The van der Waals surface area contributed by atoms with Crippen LogP contribution in [0.4, 0.5) is 4.79 Å². The van der Waals surface area contributed by atoms with Gasteiger partial charge in [0.25, 0.3) is 11.8 Å². The lowest BCUT2D eigenvalue weighted by molar-refractivity contribution is -0.137. The van der Waals surface area contributed by atoms with Crippen molar-refractivity contribution in [2.45, 2.75) is 25.4 Å². The number of fused-ring (bicyclic) bond motifs is 1. The number of imide groups is 1. The highest BCUT2D eigenvalue weighted by molar-refractivity contribution is 6.06. The van der Waals surface area contributed by atoms with Crippen molar-refractivity contribution in [3.05, 3.63) is 29.3 Å². The zero-order valence-corrected chi connectivity index (χ0v) is 15.4. The van der Waals surface area contributed by atoms with Gasteiger partial charge < -0.3 is 25.4 Å². The van der Waals surface area contributed by atoms with Gasteiger partial charge in [-0.05, 0) is 18.1 Å². The number of carbonyl (C=O) groups is 5. The van der Waals surface area contributed by atoms with Gasteiger partial charge in [-0.2, -0.15) is 0 Å². The lowest BCUT2D eigenvalue weighted by Crippen LogP contribution is -2.52. The molecular formula is C18H20N4O7. The van der Waals surface area contributed by atoms with E-state index in [2.05, 4.69) is 15.4 Å². The highest BCUT2D eigenvalue weighted by Crippen LogP contribution is 2.33. The Morgan fingerprint density at radius 1 is 1.28 bits per heavy atom. The fraction of sp³-hybridized carbons (Fsp3) is 0.389. The number of hydrogen-bond donors (Lipinski definition) is 3. The van der Waals surface area contributed by atoms with Crippen LogP contribution in [0.15, 0.2) is 18.2 Å². The zero-order valence-electron chi connectivity index (χ0n) is 15.4. The van der Waals surface area contributed by atoms with E-state index in [9.17, 15) is 24.0 Å². The second-order valence-corrected chi connectivity index (χ2v) is 6.50. The van der Waals surface area contributed by atoms with Crippen LogP contribution in [0, 0.1) is 0 Å². The Kier molecular flexibility index (Phi) is 5.96. The van der Waals surface area contributed by atoms with E-state index in [4.69, 9.17) is 10.5 Å². The van der Waals surface area contributed by atoms with Crippen LogP contribution in [0.5, 0.6) is 5.75 Å². The normalized spacial score (nSPS) is 18.1. The summed E-state index contributed by atoms with van der Waals surface area (Å²) in [5.74, 6) is -1.48. The minimum absolute atomic E-state index is 0.0682. The molecule has 0 aromatic heterocycles. The lowest BCUT2D eigenvalue weighted by atomic mass is 10.0. The number of carbonyl (C=O) groups excluding carboxylic acids is 5. The lowest BCUT2D eigenvalue weighted by Gasteiger charge is -2.29. The maximum Gasteiger partial charge on any atom is 0.404 e. The SMILES string of the molecule is NC(=O)OCCNC(=O)COc1cccc2c1C(=O)N(C1CCC(=O)NC1=O)C2. The van der Waals surface area contributed by atoms with E-state index in [1.54, 1.807) is 18.2 Å². The molecule has 1 atom stereocenters. The molecule has 4 N–H and O–H groups in total. The summed E-state index contributed by atoms with van der Waals surface area (Å²) in [6.45, 7) is -0.130. The number of nitrogens with one attached hydrogen (secondary N) is 2. The van der Waals surface area contributed by atoms with Crippen molar-refractivity contribution in [3.63, 3.8) is 0 Å². The van der Waals surface area contributed by atoms with Crippen LogP contribution < -0.4 is 21.1 Å². The van der Waals surface area contributed by atoms with Gasteiger partial charge in [-0.15, -0.1) is 0 Å². The Morgan fingerprint density at radius 2 is 2.07 bits per heavy atom. The summed E-state index contributed by atoms with van der Waals surface area (Å²) in [5, 5.41) is 4.73. The highest BCUT2D eigenvalue weighted by atomic mass is 16.5. The number of hydrogen-bond acceptors (Lipinski definition) is 7. The summed E-state index contributed by atoms with van der Waals surface area (Å²) in [6.07, 6.45) is -0.509. The van der Waals surface area contributed by atoms with Crippen LogP contribution in [-0.4, -0.2) is 60.4 Å². The molecule has 1 aromatic carbocycles. The third-order valence-corrected chi connectivity index (χ3v) is 4.54. The summed E-state index contributed by atoms with van der Waals surface area (Å²) in [4.78, 5) is 60.0. The average Bonchev–Trinajstić information content (AvgIpc) is 3.00. The van der Waals surface area contributed by atoms with Gasteiger partial charge in [0.1, 0.15) is 18.4 Å². The minimum atomic E-state index is -0.936. The third-order valence-electron chi connectivity index (χ3n) is 4.54. The Balaban J connectivity index is 1.61. The second kappa shape index (κ2) is 8.59. The van der Waals surface area contributed by atoms with Crippen molar-refractivity contribution in [1.82, 2.24) is 15.5 Å². The number of ether oxygens (including phenoxy) is 2. The van der Waals surface area contributed by atoms with Crippen molar-refractivity contribution >= 4 is 29.7 Å². The topological polar surface area (TPSA) is 157 Å². The van der Waals surface area contributed by atoms with Crippen LogP contribution in [0.1, 0.15) is 28.8 Å². The van der Waals surface area contributed by atoms with E-state index in [1.807, 2.05) is 0 Å². The van der Waals surface area contributed by atoms with Crippen LogP contribution >= 0.6 is 0 Å². The van der Waals surface area contributed by atoms with E-state index < -0.39 is 23.9 Å². The largest absolute Gasteiger partial charge is 0.483 e. The fourth-order valence-corrected chi connectivity index (χ4v) is 3.24. The number of primary amides is 1. The molecule has 3 rings (SSSR count). The molecule has 0 radical (unpaired) electrons. The number of piperidine rings is 1. The van der Waals surface area contributed by atoms with Crippen molar-refractivity contribution in [2.75, 3.05) is 19.8 Å². The first-order chi connectivity index (χ1) is 13.9. The number of nitrogens with two attached hydrogens (primary N) is 1. The number of amides is 5. The quantitative estimate of drug-likeness (QED) is 0.390. The second-order valence-electron chi connectivity index (χ2n) is 6.50. The molecule has 1 fully saturated rings. The molecule has 0 saturated carbocycles. The molecule has 0 bridgehead atoms. The average molecular weight is 404 g/mol. The van der Waals surface area contributed by atoms with Gasteiger partial charge >= 0.3 is 6.09 Å². The predicted octanol–water partition coefficient (Wildman–Crippen LogP) is -0.962. The van der Waals surface area contributed by atoms with Gasteiger partial charge in [-0.25, -0.2) is 4.79 Å². The van der Waals surface area contributed by atoms with Gasteiger partial charge in [0, 0.05) is 13.0 Å². The number of benzene rings is 1. The van der Waals surface area contributed by atoms with Crippen LogP contribution in [0.2, 0.25) is 0 Å². The molecular weight excluding hydrogens is 384 g/mol. The Labute approximate surface area is 165 Å². The van der Waals surface area contributed by atoms with E-state index >= 15 is 0 Å². The molecule has 2 heterocycles. The number of nitrogens with zero attached hydrogens (tertiary/aromatic N) is 1. The zero-order chi connectivity index (χ0) is 21.0. The summed E-state index contributed by atoms with van der Waals surface area (Å²) in [5.41, 5.74) is 5.78. The molecule has 11 heteroatoms. The predicted molar refractivity (Wildman–Crippen MR) is 96.5 cm³/mol. The van der Waals surface area contributed by atoms with Gasteiger partial charge in [0.2, 0.25) is 11.8 Å². The van der Waals surface area contributed by atoms with Crippen LogP contribution in [0.25, 0.3) is 0 Å². The molecule has 29 heavy (non-hydrogen) atoms. The molecule has 1 unspecified atom stereocenters. The molecule has 2 aliphatic heterocycles. The summed E-state index contributed by atoms with van der Waals surface area (Å²) in [7, 11) is 0. The molecule has 11 nitrogen and oxygen atoms in total. The highest BCUT2D eigenvalue weighted by Gasteiger charge is 2.40. The van der Waals surface area contributed by atoms with Crippen molar-refractivity contribution in [2.24, 2.45) is 5.73 Å². The minimum Gasteiger partial charge on any atom is -0.483 e. The first-order valence-electron chi connectivity index (χ1n) is 8.95. The van der Waals surface area contributed by atoms with E-state index in [1.165, 1.54) is 4.90 Å². The molecule has 1 aromatic rings. The monoisotopic (exact) mass is 404 g/mol. The van der Waals surface area contributed by atoms with Crippen LogP contribution in [0.3, 0.4) is 0 Å². The fourth-order valence-electron chi connectivity index (χ4n) is 3.24. The molecule has 1 saturated heterocycles. The first kappa shape index (κ1) is 20.1. The standard InChI is InChI=1S/C18H20N4O7/c19-18(27)28-7-6-20-14(24)9-29-12-3-1-2-10-8-22(17(26)15(10)12)11-4-5-13(23)21-16(11)25/h1-3,11H,4-9H2,(H2,19,27)(H,20,24)(H,21,23,25). The molecule has 0 aliphatic carbocycles. The van der Waals surface area contributed by atoms with Gasteiger partial charge in [-0.3, -0.25) is 24.5 Å². The summed E-state index contributed by atoms with van der Waals surface area (Å²) >= 11 is 0. The van der Waals surface area contributed by atoms with E-state index in [-0.39, 0.29) is 56.7 Å². The molecule has 2 aliphatic rings. The summed E-state index contributed by atoms with van der Waals surface area (Å²) in [6, 6.07) is 4.27. The van der Waals surface area contributed by atoms with E-state index in [0.29, 0.717) is 11.1 Å². The molecule has 154 valence electrons. The van der Waals surface area contributed by atoms with Crippen molar-refractivity contribution < 1.29 is 33.4 Å².